The SMILES string of the molecule is COc1ccc2c(O[C@@H]3C[C@H]4C(=O)N[C@]5(C(=O)NS(=O)(=O)C6CC6)C[C@H]5/C=C\CC[C@@H](C)C[C@@H](C)[C@H](N(C(=O)O)[C@H]5CC6C[C@H]6C5)C(=O)N4C3)nc(N3CCOCC3)cc2c1. The number of morpholine rings is 1. The van der Waals surface area contributed by atoms with Gasteiger partial charge in [-0.1, -0.05) is 26.0 Å². The number of rotatable bonds is 9. The van der Waals surface area contributed by atoms with Crippen molar-refractivity contribution in [1.29, 1.82) is 0 Å². The number of nitrogens with one attached hydrogen (secondary N) is 2. The number of aromatic nitrogens is 1. The molecule has 16 nitrogen and oxygen atoms in total. The lowest BCUT2D eigenvalue weighted by molar-refractivity contribution is -0.145. The fourth-order valence-corrected chi connectivity index (χ4v) is 12.0. The zero-order valence-electron chi connectivity index (χ0n) is 35.2. The van der Waals surface area contributed by atoms with Crippen LogP contribution >= 0.6 is 0 Å². The van der Waals surface area contributed by atoms with Crippen molar-refractivity contribution in [2.24, 2.45) is 29.6 Å². The van der Waals surface area contributed by atoms with Crippen LogP contribution in [-0.4, -0.2) is 127 Å². The largest absolute Gasteiger partial charge is 0.497 e. The Labute approximate surface area is 356 Å². The topological polar surface area (TPSA) is 197 Å². The van der Waals surface area contributed by atoms with Crippen LogP contribution in [-0.2, 0) is 29.1 Å². The maximum atomic E-state index is 15.4. The molecule has 0 spiro atoms. The van der Waals surface area contributed by atoms with Gasteiger partial charge in [-0.2, -0.15) is 4.98 Å². The van der Waals surface area contributed by atoms with E-state index in [0.717, 1.165) is 18.2 Å². The van der Waals surface area contributed by atoms with E-state index in [1.54, 1.807) is 7.11 Å². The van der Waals surface area contributed by atoms with Crippen molar-refractivity contribution >= 4 is 50.4 Å². The van der Waals surface area contributed by atoms with Crippen LogP contribution in [0.2, 0.25) is 0 Å². The highest BCUT2D eigenvalue weighted by Crippen LogP contribution is 2.54. The molecule has 4 amide bonds. The first-order valence-corrected chi connectivity index (χ1v) is 23.6. The molecule has 1 aromatic heterocycles. The van der Waals surface area contributed by atoms with Crippen LogP contribution in [0.5, 0.6) is 11.6 Å². The second-order valence-electron chi connectivity index (χ2n) is 18.7. The molecule has 3 N–H and O–H groups in total. The molecular weight excluding hydrogens is 805 g/mol. The van der Waals surface area contributed by atoms with Gasteiger partial charge >= 0.3 is 6.09 Å². The van der Waals surface area contributed by atoms with E-state index in [-0.39, 0.29) is 37.3 Å². The number of hydrogen-bond donors (Lipinski definition) is 3. The zero-order valence-corrected chi connectivity index (χ0v) is 36.0. The number of sulfonamides is 1. The van der Waals surface area contributed by atoms with Crippen molar-refractivity contribution in [3.8, 4) is 11.6 Å². The van der Waals surface area contributed by atoms with Crippen LogP contribution < -0.4 is 24.4 Å². The summed E-state index contributed by atoms with van der Waals surface area (Å²) in [6, 6.07) is 5.01. The molecule has 7 aliphatic rings. The fourth-order valence-electron chi connectivity index (χ4n) is 10.6. The molecule has 0 bridgehead atoms. The van der Waals surface area contributed by atoms with E-state index in [2.05, 4.69) is 21.9 Å². The molecule has 10 atom stereocenters. The number of ether oxygens (including phenoxy) is 3. The van der Waals surface area contributed by atoms with Crippen LogP contribution in [0, 0.1) is 29.6 Å². The minimum Gasteiger partial charge on any atom is -0.497 e. The lowest BCUT2D eigenvalue weighted by atomic mass is 9.86. The number of fused-ring (bicyclic) bond motifs is 4. The van der Waals surface area contributed by atoms with Crippen LogP contribution in [0.3, 0.4) is 0 Å². The standard InChI is InChI=1S/C44H58N6O10S/c1-25-6-4-5-7-30-23-44(30,42(53)47-61(56,57)34-9-10-34)46-39(51)36-22-33(24-49(36)41(52)38(26(2)16-25)50(43(54)55)31-18-27-17-28(27)19-31)60-40-35-11-8-32(58-3)20-29(35)21-37(45-40)48-12-14-59-15-13-48/h5,7-8,11,20-21,25-28,30-31,33-34,36,38H,4,6,9-10,12-19,22-24H2,1-3H3,(H,46,51)(H,47,53)(H,54,55)/b7-5-/t25-,26-,27+,28?,30-,31-,33-,36+,38+,44-/m1/s1. The first-order chi connectivity index (χ1) is 29.2. The van der Waals surface area contributed by atoms with Gasteiger partial charge in [0, 0.05) is 36.9 Å². The molecule has 2 aromatic rings. The van der Waals surface area contributed by atoms with Gasteiger partial charge < -0.3 is 34.4 Å². The van der Waals surface area contributed by atoms with E-state index in [1.165, 1.54) is 9.80 Å². The molecule has 1 unspecified atom stereocenters. The van der Waals surface area contributed by atoms with Gasteiger partial charge in [-0.05, 0) is 111 Å². The number of pyridine rings is 1. The quantitative estimate of drug-likeness (QED) is 0.306. The average Bonchev–Trinajstić information content (AvgIpc) is 4.20. The second-order valence-corrected chi connectivity index (χ2v) is 20.7. The smallest absolute Gasteiger partial charge is 0.408 e. The minimum absolute atomic E-state index is 0.0232. The van der Waals surface area contributed by atoms with Crippen LogP contribution in [0.25, 0.3) is 10.8 Å². The summed E-state index contributed by atoms with van der Waals surface area (Å²) in [6.45, 7) is 6.34. The molecule has 330 valence electrons. The van der Waals surface area contributed by atoms with Crippen LogP contribution in [0.1, 0.15) is 78.1 Å². The highest BCUT2D eigenvalue weighted by atomic mass is 32.2. The molecule has 3 aliphatic heterocycles. The summed E-state index contributed by atoms with van der Waals surface area (Å²) >= 11 is 0. The van der Waals surface area contributed by atoms with E-state index in [9.17, 15) is 27.9 Å². The Morgan fingerprint density at radius 1 is 1.03 bits per heavy atom. The Morgan fingerprint density at radius 3 is 2.49 bits per heavy atom. The Bertz CT molecular complexity index is 2200. The van der Waals surface area contributed by atoms with Crippen molar-refractivity contribution in [1.82, 2.24) is 24.8 Å². The van der Waals surface area contributed by atoms with Gasteiger partial charge in [-0.3, -0.25) is 24.0 Å². The number of carbonyl (C=O) groups excluding carboxylic acids is 3. The number of allylic oxidation sites excluding steroid dienone is 1. The summed E-state index contributed by atoms with van der Waals surface area (Å²) in [5.74, 6) is -0.0404. The van der Waals surface area contributed by atoms with Gasteiger partial charge in [-0.25, -0.2) is 13.2 Å². The Kier molecular flexibility index (Phi) is 11.1. The molecule has 1 aromatic carbocycles. The summed E-state index contributed by atoms with van der Waals surface area (Å²) in [7, 11) is -2.33. The summed E-state index contributed by atoms with van der Waals surface area (Å²) < 4.78 is 46.2. The summed E-state index contributed by atoms with van der Waals surface area (Å²) in [5.41, 5.74) is -1.54. The molecule has 4 saturated carbocycles. The van der Waals surface area contributed by atoms with E-state index < -0.39 is 68.7 Å². The lowest BCUT2D eigenvalue weighted by Crippen LogP contribution is -2.61. The first kappa shape index (κ1) is 41.7. The Balaban J connectivity index is 1.08. The van der Waals surface area contributed by atoms with Gasteiger partial charge in [0.05, 0.1) is 32.1 Å². The van der Waals surface area contributed by atoms with E-state index in [0.29, 0.717) is 99.5 Å². The van der Waals surface area contributed by atoms with Crippen molar-refractivity contribution in [3.05, 3.63) is 36.4 Å². The van der Waals surface area contributed by atoms with E-state index in [4.69, 9.17) is 19.2 Å². The highest BCUT2D eigenvalue weighted by molar-refractivity contribution is 7.91. The van der Waals surface area contributed by atoms with Gasteiger partial charge in [0.2, 0.25) is 27.7 Å². The minimum atomic E-state index is -3.93. The fraction of sp³-hybridized carbons (Fsp3) is 0.659. The van der Waals surface area contributed by atoms with Crippen molar-refractivity contribution < 1.29 is 46.9 Å². The summed E-state index contributed by atoms with van der Waals surface area (Å²) in [6.07, 6.45) is 7.60. The third-order valence-electron chi connectivity index (χ3n) is 14.3. The maximum Gasteiger partial charge on any atom is 0.408 e. The molecule has 61 heavy (non-hydrogen) atoms. The van der Waals surface area contributed by atoms with Gasteiger partial charge in [0.15, 0.2) is 0 Å². The highest BCUT2D eigenvalue weighted by Gasteiger charge is 2.62. The Hall–Kier alpha value is -4.64. The molecule has 4 heterocycles. The van der Waals surface area contributed by atoms with Gasteiger partial charge in [0.1, 0.15) is 35.3 Å². The molecule has 6 fully saturated rings. The summed E-state index contributed by atoms with van der Waals surface area (Å²) in [5, 5.41) is 14.7. The monoisotopic (exact) mass is 862 g/mol. The van der Waals surface area contributed by atoms with Crippen LogP contribution in [0.4, 0.5) is 10.6 Å². The lowest BCUT2D eigenvalue weighted by Gasteiger charge is -2.40. The Morgan fingerprint density at radius 2 is 1.79 bits per heavy atom. The zero-order chi connectivity index (χ0) is 42.8. The number of anilines is 1. The van der Waals surface area contributed by atoms with Gasteiger partial charge in [0.25, 0.3) is 5.91 Å². The number of amides is 4. The van der Waals surface area contributed by atoms with E-state index >= 15 is 4.79 Å². The molecule has 2 saturated heterocycles. The normalized spacial score (nSPS) is 34.5. The molecule has 4 aliphatic carbocycles. The summed E-state index contributed by atoms with van der Waals surface area (Å²) in [4.78, 5) is 67.5. The maximum absolute atomic E-state index is 15.4. The third-order valence-corrected chi connectivity index (χ3v) is 16.1. The number of benzene rings is 1. The predicted octanol–water partition coefficient (Wildman–Crippen LogP) is 4.07. The van der Waals surface area contributed by atoms with Crippen molar-refractivity contribution in [2.75, 3.05) is 44.9 Å². The number of nitrogens with zero attached hydrogens (tertiary/aromatic N) is 4. The molecule has 0 radical (unpaired) electrons. The van der Waals surface area contributed by atoms with Crippen molar-refractivity contribution in [2.45, 2.75) is 113 Å². The second kappa shape index (κ2) is 16.2. The molecular formula is C44H58N6O10S. The number of carbonyl (C=O) groups is 4. The number of carboxylic acid groups (broad SMARTS) is 1. The number of hydrogen-bond acceptors (Lipinski definition) is 11. The third kappa shape index (κ3) is 8.35. The van der Waals surface area contributed by atoms with Gasteiger partial charge in [-0.15, -0.1) is 0 Å². The van der Waals surface area contributed by atoms with Crippen molar-refractivity contribution in [3.63, 3.8) is 0 Å². The number of methoxy groups -OCH3 is 1. The van der Waals surface area contributed by atoms with Crippen LogP contribution in [0.15, 0.2) is 36.4 Å². The average molecular weight is 863 g/mol. The predicted molar refractivity (Wildman–Crippen MR) is 225 cm³/mol. The van der Waals surface area contributed by atoms with E-state index in [1.807, 2.05) is 43.3 Å². The molecule has 9 rings (SSSR count). The molecule has 17 heteroatoms. The first-order valence-electron chi connectivity index (χ1n) is 22.1.